The van der Waals surface area contributed by atoms with Crippen LogP contribution in [0.15, 0.2) is 23.1 Å². The minimum atomic E-state index is -3.57. The number of benzene rings is 1. The Labute approximate surface area is 172 Å². The van der Waals surface area contributed by atoms with E-state index < -0.39 is 28.0 Å². The van der Waals surface area contributed by atoms with Gasteiger partial charge in [-0.2, -0.15) is 4.31 Å². The third-order valence-corrected chi connectivity index (χ3v) is 7.48. The zero-order chi connectivity index (χ0) is 21.2. The van der Waals surface area contributed by atoms with Gasteiger partial charge in [0.15, 0.2) is 6.10 Å². The highest BCUT2D eigenvalue weighted by atomic mass is 32.2. The highest BCUT2D eigenvalue weighted by Gasteiger charge is 2.34. The first-order chi connectivity index (χ1) is 13.7. The summed E-state index contributed by atoms with van der Waals surface area (Å²) in [5.41, 5.74) is 2.36. The zero-order valence-corrected chi connectivity index (χ0v) is 18.1. The van der Waals surface area contributed by atoms with E-state index in [0.29, 0.717) is 17.7 Å². The average Bonchev–Trinajstić information content (AvgIpc) is 3.15. The number of nitrogens with zero attached hydrogens (tertiary/aromatic N) is 1. The quantitative estimate of drug-likeness (QED) is 0.708. The van der Waals surface area contributed by atoms with Crippen LogP contribution in [0.4, 0.5) is 0 Å². The van der Waals surface area contributed by atoms with E-state index in [9.17, 15) is 18.0 Å². The van der Waals surface area contributed by atoms with Gasteiger partial charge in [0, 0.05) is 19.1 Å². The van der Waals surface area contributed by atoms with Crippen LogP contribution in [0.25, 0.3) is 0 Å². The van der Waals surface area contributed by atoms with Crippen LogP contribution in [-0.4, -0.2) is 49.8 Å². The van der Waals surface area contributed by atoms with Gasteiger partial charge in [-0.25, -0.2) is 8.42 Å². The molecule has 1 aliphatic heterocycles. The van der Waals surface area contributed by atoms with E-state index in [-0.39, 0.29) is 25.0 Å². The van der Waals surface area contributed by atoms with Gasteiger partial charge < -0.3 is 10.1 Å². The molecule has 8 heteroatoms. The molecular weight excluding hydrogens is 392 g/mol. The molecule has 160 valence electrons. The number of amides is 1. The molecule has 1 atom stereocenters. The fraction of sp³-hybridized carbons (Fsp3) is 0.619. The van der Waals surface area contributed by atoms with Crippen molar-refractivity contribution in [2.75, 3.05) is 13.1 Å². The summed E-state index contributed by atoms with van der Waals surface area (Å²) in [4.78, 5) is 24.6. The van der Waals surface area contributed by atoms with Gasteiger partial charge in [-0.3, -0.25) is 9.59 Å². The fourth-order valence-corrected chi connectivity index (χ4v) is 5.44. The highest BCUT2D eigenvalue weighted by Crippen LogP contribution is 2.29. The second kappa shape index (κ2) is 8.83. The van der Waals surface area contributed by atoms with Crippen molar-refractivity contribution in [2.45, 2.75) is 69.9 Å². The first-order valence-corrected chi connectivity index (χ1v) is 11.8. The van der Waals surface area contributed by atoms with E-state index in [0.717, 1.165) is 24.8 Å². The smallest absolute Gasteiger partial charge is 0.309 e. The van der Waals surface area contributed by atoms with Gasteiger partial charge >= 0.3 is 5.97 Å². The number of rotatable bonds is 6. The molecule has 0 aromatic heterocycles. The molecule has 7 nitrogen and oxygen atoms in total. The number of carbonyl (C=O) groups excluding carboxylic acids is 2. The predicted octanol–water partition coefficient (Wildman–Crippen LogP) is 2.03. The molecule has 1 aromatic carbocycles. The summed E-state index contributed by atoms with van der Waals surface area (Å²) in [6, 6.07) is 5.38. The molecule has 1 N–H and O–H groups in total. The standard InChI is InChI=1S/C21H30N2O5S/c1-14(2)22-20(24)15(3)28-21(25)17-9-11-23(12-10-17)29(26,27)19-8-7-16-5-4-6-18(16)13-19/h7-8,13-15,17H,4-6,9-12H2,1-3H3,(H,22,24). The highest BCUT2D eigenvalue weighted by molar-refractivity contribution is 7.89. The maximum atomic E-state index is 13.0. The molecule has 1 aliphatic carbocycles. The molecule has 1 saturated heterocycles. The largest absolute Gasteiger partial charge is 0.452 e. The molecule has 0 saturated carbocycles. The summed E-state index contributed by atoms with van der Waals surface area (Å²) >= 11 is 0. The summed E-state index contributed by atoms with van der Waals surface area (Å²) in [5.74, 6) is -1.16. The van der Waals surface area contributed by atoms with Gasteiger partial charge in [0.05, 0.1) is 10.8 Å². The average molecular weight is 423 g/mol. The molecule has 1 unspecified atom stereocenters. The van der Waals surface area contributed by atoms with Gasteiger partial charge in [-0.05, 0) is 76.1 Å². The van der Waals surface area contributed by atoms with Crippen molar-refractivity contribution < 1.29 is 22.7 Å². The van der Waals surface area contributed by atoms with Crippen LogP contribution in [0, 0.1) is 5.92 Å². The van der Waals surface area contributed by atoms with Crippen LogP contribution in [0.2, 0.25) is 0 Å². The number of hydrogen-bond acceptors (Lipinski definition) is 5. The van der Waals surface area contributed by atoms with Gasteiger partial charge in [0.1, 0.15) is 0 Å². The lowest BCUT2D eigenvalue weighted by atomic mass is 9.98. The Morgan fingerprint density at radius 3 is 2.41 bits per heavy atom. The number of esters is 1. The Hall–Kier alpha value is -1.93. The van der Waals surface area contributed by atoms with Crippen molar-refractivity contribution in [3.63, 3.8) is 0 Å². The van der Waals surface area contributed by atoms with Crippen LogP contribution >= 0.6 is 0 Å². The minimum absolute atomic E-state index is 0.0312. The lowest BCUT2D eigenvalue weighted by Crippen LogP contribution is -2.43. The van der Waals surface area contributed by atoms with E-state index in [1.54, 1.807) is 19.1 Å². The number of hydrogen-bond donors (Lipinski definition) is 1. The fourth-order valence-electron chi connectivity index (χ4n) is 3.92. The number of fused-ring (bicyclic) bond motifs is 1. The van der Waals surface area contributed by atoms with E-state index in [1.807, 2.05) is 19.9 Å². The third kappa shape index (κ3) is 4.98. The van der Waals surface area contributed by atoms with Gasteiger partial charge in [-0.15, -0.1) is 0 Å². The minimum Gasteiger partial charge on any atom is -0.452 e. The summed E-state index contributed by atoms with van der Waals surface area (Å²) < 4.78 is 32.7. The molecule has 0 bridgehead atoms. The number of aryl methyl sites for hydroxylation is 2. The predicted molar refractivity (Wildman–Crippen MR) is 109 cm³/mol. The molecule has 3 rings (SSSR count). The third-order valence-electron chi connectivity index (χ3n) is 5.59. The summed E-state index contributed by atoms with van der Waals surface area (Å²) in [6.45, 7) is 5.76. The number of piperidine rings is 1. The molecule has 0 spiro atoms. The Morgan fingerprint density at radius 2 is 1.76 bits per heavy atom. The molecule has 2 aliphatic rings. The van der Waals surface area contributed by atoms with E-state index in [1.165, 1.54) is 9.87 Å². The first-order valence-electron chi connectivity index (χ1n) is 10.3. The molecular formula is C21H30N2O5S. The number of ether oxygens (including phenoxy) is 1. The van der Waals surface area contributed by atoms with Crippen molar-refractivity contribution in [3.05, 3.63) is 29.3 Å². The molecule has 1 amide bonds. The Bertz CT molecular complexity index is 873. The molecule has 1 aromatic rings. The maximum Gasteiger partial charge on any atom is 0.309 e. The number of nitrogens with one attached hydrogen (secondary N) is 1. The molecule has 1 fully saturated rings. The Balaban J connectivity index is 1.57. The normalized spacial score (nSPS) is 19.0. The van der Waals surface area contributed by atoms with Crippen LogP contribution in [0.5, 0.6) is 0 Å². The maximum absolute atomic E-state index is 13.0. The van der Waals surface area contributed by atoms with Crippen molar-refractivity contribution in [1.29, 1.82) is 0 Å². The van der Waals surface area contributed by atoms with Crippen molar-refractivity contribution in [3.8, 4) is 0 Å². The lowest BCUT2D eigenvalue weighted by molar-refractivity contribution is -0.160. The van der Waals surface area contributed by atoms with Crippen LogP contribution in [0.3, 0.4) is 0 Å². The molecule has 0 radical (unpaired) electrons. The Kier molecular flexibility index (Phi) is 6.63. The monoisotopic (exact) mass is 422 g/mol. The van der Waals surface area contributed by atoms with E-state index in [2.05, 4.69) is 5.32 Å². The van der Waals surface area contributed by atoms with Crippen LogP contribution in [0.1, 0.15) is 51.2 Å². The van der Waals surface area contributed by atoms with E-state index in [4.69, 9.17) is 4.74 Å². The van der Waals surface area contributed by atoms with Crippen molar-refractivity contribution in [1.82, 2.24) is 9.62 Å². The second-order valence-corrected chi connectivity index (χ2v) is 10.1. The molecule has 1 heterocycles. The SMILES string of the molecule is CC(C)NC(=O)C(C)OC(=O)C1CCN(S(=O)(=O)c2ccc3c(c2)CCC3)CC1. The summed E-state index contributed by atoms with van der Waals surface area (Å²) in [5, 5.41) is 2.71. The van der Waals surface area contributed by atoms with Gasteiger partial charge in [0.25, 0.3) is 5.91 Å². The van der Waals surface area contributed by atoms with E-state index >= 15 is 0 Å². The Morgan fingerprint density at radius 1 is 1.10 bits per heavy atom. The molecule has 29 heavy (non-hydrogen) atoms. The first kappa shape index (κ1) is 21.8. The van der Waals surface area contributed by atoms with Crippen LogP contribution < -0.4 is 5.32 Å². The topological polar surface area (TPSA) is 92.8 Å². The van der Waals surface area contributed by atoms with Crippen molar-refractivity contribution >= 4 is 21.9 Å². The van der Waals surface area contributed by atoms with Crippen LogP contribution in [-0.2, 0) is 37.2 Å². The number of carbonyl (C=O) groups is 2. The van der Waals surface area contributed by atoms with Crippen molar-refractivity contribution in [2.24, 2.45) is 5.92 Å². The lowest BCUT2D eigenvalue weighted by Gasteiger charge is -2.30. The zero-order valence-electron chi connectivity index (χ0n) is 17.3. The summed E-state index contributed by atoms with van der Waals surface area (Å²) in [6.07, 6.45) is 2.92. The van der Waals surface area contributed by atoms with Gasteiger partial charge in [0.2, 0.25) is 10.0 Å². The second-order valence-electron chi connectivity index (χ2n) is 8.20. The summed E-state index contributed by atoms with van der Waals surface area (Å²) in [7, 11) is -3.57. The number of sulfonamides is 1. The van der Waals surface area contributed by atoms with Gasteiger partial charge in [-0.1, -0.05) is 6.07 Å².